The maximum Gasteiger partial charge on any atom is 0.0423 e. The molecule has 1 fully saturated rings. The Balaban J connectivity index is 1.58. The molecule has 0 amide bonds. The highest BCUT2D eigenvalue weighted by molar-refractivity contribution is 5.93. The molecule has 3 heteroatoms. The Labute approximate surface area is 140 Å². The van der Waals surface area contributed by atoms with E-state index in [1.807, 2.05) is 12.4 Å². The second-order valence-corrected chi connectivity index (χ2v) is 6.80. The lowest BCUT2D eigenvalue weighted by atomic mass is 9.99. The summed E-state index contributed by atoms with van der Waals surface area (Å²) in [6, 6.07) is 9.14. The molecule has 1 aromatic carbocycles. The number of piperidine rings is 1. The lowest BCUT2D eigenvalue weighted by molar-refractivity contribution is 0.183. The first kappa shape index (κ1) is 16.3. The first-order valence-corrected chi connectivity index (χ1v) is 9.11. The number of pyridine rings is 1. The largest absolute Gasteiger partial charge is 0.382 e. The van der Waals surface area contributed by atoms with Gasteiger partial charge in [-0.3, -0.25) is 4.98 Å². The summed E-state index contributed by atoms with van der Waals surface area (Å²) in [5.74, 6) is 0.866. The van der Waals surface area contributed by atoms with Crippen LogP contribution in [0.1, 0.15) is 39.5 Å². The molecule has 2 heterocycles. The van der Waals surface area contributed by atoms with Gasteiger partial charge in [-0.25, -0.2) is 0 Å². The van der Waals surface area contributed by atoms with Crippen molar-refractivity contribution in [1.29, 1.82) is 0 Å². The minimum absolute atomic E-state index is 0.590. The van der Waals surface area contributed by atoms with E-state index in [2.05, 4.69) is 53.3 Å². The van der Waals surface area contributed by atoms with Crippen LogP contribution in [0.4, 0.5) is 5.69 Å². The molecule has 1 aliphatic heterocycles. The van der Waals surface area contributed by atoms with E-state index >= 15 is 0 Å². The number of hydrogen-bond donors (Lipinski definition) is 1. The van der Waals surface area contributed by atoms with Gasteiger partial charge < -0.3 is 10.2 Å². The first-order chi connectivity index (χ1) is 11.3. The van der Waals surface area contributed by atoms with E-state index in [0.29, 0.717) is 6.04 Å². The predicted octanol–water partition coefficient (Wildman–Crippen LogP) is 4.55. The average molecular weight is 311 g/mol. The zero-order valence-electron chi connectivity index (χ0n) is 14.5. The Morgan fingerprint density at radius 1 is 1.17 bits per heavy atom. The fourth-order valence-electron chi connectivity index (χ4n) is 3.64. The minimum Gasteiger partial charge on any atom is -0.382 e. The Morgan fingerprint density at radius 2 is 1.96 bits per heavy atom. The second-order valence-electron chi connectivity index (χ2n) is 6.80. The summed E-state index contributed by atoms with van der Waals surface area (Å²) in [7, 11) is 0. The third-order valence-electron chi connectivity index (χ3n) is 5.30. The van der Waals surface area contributed by atoms with Crippen LogP contribution in [0.3, 0.4) is 0 Å². The normalized spacial score (nSPS) is 17.0. The van der Waals surface area contributed by atoms with Crippen LogP contribution >= 0.6 is 0 Å². The Hall–Kier alpha value is -1.61. The van der Waals surface area contributed by atoms with Crippen molar-refractivity contribution >= 4 is 16.5 Å². The summed E-state index contributed by atoms with van der Waals surface area (Å²) in [6.45, 7) is 8.36. The number of nitrogens with one attached hydrogen (secondary N) is 1. The van der Waals surface area contributed by atoms with Crippen molar-refractivity contribution in [2.75, 3.05) is 25.0 Å². The maximum absolute atomic E-state index is 4.22. The van der Waals surface area contributed by atoms with Gasteiger partial charge in [-0.2, -0.15) is 0 Å². The maximum atomic E-state index is 4.22. The Morgan fingerprint density at radius 3 is 2.70 bits per heavy atom. The quantitative estimate of drug-likeness (QED) is 0.848. The molecule has 124 valence electrons. The summed E-state index contributed by atoms with van der Waals surface area (Å²) in [4.78, 5) is 6.88. The van der Waals surface area contributed by atoms with Gasteiger partial charge in [0, 0.05) is 54.5 Å². The van der Waals surface area contributed by atoms with Crippen molar-refractivity contribution in [3.63, 3.8) is 0 Å². The molecular weight excluding hydrogens is 282 g/mol. The van der Waals surface area contributed by atoms with E-state index < -0.39 is 0 Å². The van der Waals surface area contributed by atoms with Gasteiger partial charge in [0.2, 0.25) is 0 Å². The van der Waals surface area contributed by atoms with Gasteiger partial charge in [0.25, 0.3) is 0 Å². The van der Waals surface area contributed by atoms with E-state index in [9.17, 15) is 0 Å². The summed E-state index contributed by atoms with van der Waals surface area (Å²) in [5, 5.41) is 6.26. The summed E-state index contributed by atoms with van der Waals surface area (Å²) in [6.07, 6.45) is 8.91. The third kappa shape index (κ3) is 4.03. The van der Waals surface area contributed by atoms with Crippen molar-refractivity contribution in [2.45, 2.75) is 45.6 Å². The molecular formula is C20H29N3. The molecule has 1 aliphatic rings. The minimum atomic E-state index is 0.590. The molecule has 2 aromatic rings. The molecule has 0 radical (unpaired) electrons. The topological polar surface area (TPSA) is 28.2 Å². The smallest absolute Gasteiger partial charge is 0.0423 e. The van der Waals surface area contributed by atoms with Crippen molar-refractivity contribution in [1.82, 2.24) is 9.88 Å². The Kier molecular flexibility index (Phi) is 5.50. The number of anilines is 1. The molecule has 1 aromatic heterocycles. The lowest BCUT2D eigenvalue weighted by Gasteiger charge is -2.34. The molecule has 3 rings (SSSR count). The number of likely N-dealkylation sites (tertiary alicyclic amines) is 1. The van der Waals surface area contributed by atoms with Gasteiger partial charge >= 0.3 is 0 Å². The Bertz CT molecular complexity index is 608. The number of hydrogen-bond acceptors (Lipinski definition) is 3. The van der Waals surface area contributed by atoms with Crippen LogP contribution in [0.5, 0.6) is 0 Å². The summed E-state index contributed by atoms with van der Waals surface area (Å²) < 4.78 is 0. The van der Waals surface area contributed by atoms with E-state index in [4.69, 9.17) is 0 Å². The SMILES string of the molecule is CCC(CC)CN1CCC(Nc2cccc3cnccc23)CC1. The van der Waals surface area contributed by atoms with Crippen LogP contribution < -0.4 is 5.32 Å². The van der Waals surface area contributed by atoms with Crippen molar-refractivity contribution < 1.29 is 0 Å². The van der Waals surface area contributed by atoms with Crippen LogP contribution in [0, 0.1) is 5.92 Å². The number of fused-ring (bicyclic) bond motifs is 1. The molecule has 1 N–H and O–H groups in total. The zero-order valence-corrected chi connectivity index (χ0v) is 14.5. The predicted molar refractivity (Wildman–Crippen MR) is 98.9 cm³/mol. The van der Waals surface area contributed by atoms with Gasteiger partial charge in [-0.1, -0.05) is 38.8 Å². The number of nitrogens with zero attached hydrogens (tertiary/aromatic N) is 2. The van der Waals surface area contributed by atoms with Crippen LogP contribution in [0.25, 0.3) is 10.8 Å². The van der Waals surface area contributed by atoms with Gasteiger partial charge in [-0.15, -0.1) is 0 Å². The second kappa shape index (κ2) is 7.78. The average Bonchev–Trinajstić information content (AvgIpc) is 2.61. The van der Waals surface area contributed by atoms with E-state index in [0.717, 1.165) is 5.92 Å². The van der Waals surface area contributed by atoms with Crippen LogP contribution in [0.2, 0.25) is 0 Å². The molecule has 0 spiro atoms. The van der Waals surface area contributed by atoms with Gasteiger partial charge in [-0.05, 0) is 30.9 Å². The van der Waals surface area contributed by atoms with E-state index in [1.54, 1.807) is 0 Å². The highest BCUT2D eigenvalue weighted by Gasteiger charge is 2.21. The molecule has 0 unspecified atom stereocenters. The van der Waals surface area contributed by atoms with E-state index in [-0.39, 0.29) is 0 Å². The first-order valence-electron chi connectivity index (χ1n) is 9.11. The molecule has 0 atom stereocenters. The van der Waals surface area contributed by atoms with Crippen molar-refractivity contribution in [2.24, 2.45) is 5.92 Å². The summed E-state index contributed by atoms with van der Waals surface area (Å²) in [5.41, 5.74) is 1.25. The van der Waals surface area contributed by atoms with Gasteiger partial charge in [0.1, 0.15) is 0 Å². The fourth-order valence-corrected chi connectivity index (χ4v) is 3.64. The monoisotopic (exact) mass is 311 g/mol. The standard InChI is InChI=1S/C20H29N3/c1-3-16(4-2)15-23-12-9-18(10-13-23)22-20-7-5-6-17-14-21-11-8-19(17)20/h5-8,11,14,16,18,22H,3-4,9-10,12-13,15H2,1-2H3. The van der Waals surface area contributed by atoms with Gasteiger partial charge in [0.05, 0.1) is 0 Å². The van der Waals surface area contributed by atoms with E-state index in [1.165, 1.54) is 61.8 Å². The molecule has 23 heavy (non-hydrogen) atoms. The van der Waals surface area contributed by atoms with Crippen LogP contribution in [-0.2, 0) is 0 Å². The number of aromatic nitrogens is 1. The highest BCUT2D eigenvalue weighted by Crippen LogP contribution is 2.25. The number of rotatable bonds is 6. The molecule has 0 saturated carbocycles. The third-order valence-corrected chi connectivity index (χ3v) is 5.30. The molecule has 0 bridgehead atoms. The molecule has 0 aliphatic carbocycles. The zero-order chi connectivity index (χ0) is 16.1. The highest BCUT2D eigenvalue weighted by atomic mass is 15.1. The van der Waals surface area contributed by atoms with Crippen LogP contribution in [0.15, 0.2) is 36.7 Å². The van der Waals surface area contributed by atoms with Crippen LogP contribution in [-0.4, -0.2) is 35.6 Å². The number of benzene rings is 1. The summed E-state index contributed by atoms with van der Waals surface area (Å²) >= 11 is 0. The van der Waals surface area contributed by atoms with Gasteiger partial charge in [0.15, 0.2) is 0 Å². The molecule has 3 nitrogen and oxygen atoms in total. The molecule has 1 saturated heterocycles. The van der Waals surface area contributed by atoms with Crippen molar-refractivity contribution in [3.8, 4) is 0 Å². The fraction of sp³-hybridized carbons (Fsp3) is 0.550. The lowest BCUT2D eigenvalue weighted by Crippen LogP contribution is -2.41. The van der Waals surface area contributed by atoms with Crippen molar-refractivity contribution in [3.05, 3.63) is 36.7 Å².